The number of benzene rings is 1. The van der Waals surface area contributed by atoms with E-state index in [0.717, 1.165) is 32.8 Å². The fraction of sp³-hybridized carbons (Fsp3) is 0.500. The van der Waals surface area contributed by atoms with Crippen LogP contribution in [0.15, 0.2) is 30.5 Å². The van der Waals surface area contributed by atoms with Crippen LogP contribution in [0.4, 0.5) is 19.0 Å². The lowest BCUT2D eigenvalue weighted by molar-refractivity contribution is -0.170. The summed E-state index contributed by atoms with van der Waals surface area (Å²) in [7, 11) is -2.89. The van der Waals surface area contributed by atoms with Crippen LogP contribution in [0, 0.1) is 18.7 Å². The SMILES string of the molecule is Cc1nc(N[C@H](C)c2cccc(C(F)(F)C(C)(C)O)c2F)c2cc(P3(=O)CCN(C(=O)C4CC4)CC3)ncc2n1. The van der Waals surface area contributed by atoms with Gasteiger partial charge in [-0.1, -0.05) is 12.1 Å². The van der Waals surface area contributed by atoms with E-state index < -0.39 is 36.1 Å². The summed E-state index contributed by atoms with van der Waals surface area (Å²) in [5.41, 5.74) is -2.49. The second-order valence-corrected chi connectivity index (χ2v) is 14.5. The van der Waals surface area contributed by atoms with Crippen LogP contribution in [-0.4, -0.2) is 61.9 Å². The molecule has 1 saturated carbocycles. The fourth-order valence-electron chi connectivity index (χ4n) is 5.04. The van der Waals surface area contributed by atoms with Gasteiger partial charge < -0.3 is 19.9 Å². The molecule has 1 saturated heterocycles. The maximum atomic E-state index is 15.4. The molecule has 1 aromatic carbocycles. The van der Waals surface area contributed by atoms with E-state index in [2.05, 4.69) is 20.3 Å². The van der Waals surface area contributed by atoms with E-state index in [-0.39, 0.29) is 17.4 Å². The Hall–Kier alpha value is -3.04. The zero-order chi connectivity index (χ0) is 29.0. The Bertz CT molecular complexity index is 1510. The molecule has 0 radical (unpaired) electrons. The molecule has 2 N–H and O–H groups in total. The lowest BCUT2D eigenvalue weighted by atomic mass is 9.91. The van der Waals surface area contributed by atoms with Gasteiger partial charge in [-0.3, -0.25) is 9.78 Å². The first-order valence-corrected chi connectivity index (χ1v) is 15.5. The number of hydrogen-bond acceptors (Lipinski definition) is 7. The largest absolute Gasteiger partial charge is 0.384 e. The Morgan fingerprint density at radius 1 is 1.20 bits per heavy atom. The number of carbonyl (C=O) groups excluding carboxylic acids is 1. The summed E-state index contributed by atoms with van der Waals surface area (Å²) in [4.78, 5) is 27.6. The smallest absolute Gasteiger partial charge is 0.303 e. The number of pyridine rings is 1. The molecule has 0 bridgehead atoms. The number of amides is 1. The van der Waals surface area contributed by atoms with Crippen LogP contribution in [0.2, 0.25) is 0 Å². The Balaban J connectivity index is 1.44. The first-order valence-electron chi connectivity index (χ1n) is 13.4. The van der Waals surface area contributed by atoms with Crippen LogP contribution < -0.4 is 10.8 Å². The minimum Gasteiger partial charge on any atom is -0.384 e. The molecule has 12 heteroatoms. The van der Waals surface area contributed by atoms with Gasteiger partial charge in [0, 0.05) is 42.3 Å². The molecule has 8 nitrogen and oxygen atoms in total. The van der Waals surface area contributed by atoms with E-state index in [4.69, 9.17) is 0 Å². The van der Waals surface area contributed by atoms with Crippen LogP contribution in [-0.2, 0) is 15.3 Å². The van der Waals surface area contributed by atoms with Gasteiger partial charge in [-0.2, -0.15) is 8.78 Å². The number of aliphatic hydroxyl groups is 1. The van der Waals surface area contributed by atoms with Gasteiger partial charge >= 0.3 is 5.92 Å². The van der Waals surface area contributed by atoms with Gasteiger partial charge in [-0.25, -0.2) is 14.4 Å². The van der Waals surface area contributed by atoms with Crippen LogP contribution in [0.1, 0.15) is 56.6 Å². The number of rotatable bonds is 7. The first-order chi connectivity index (χ1) is 18.7. The molecule has 3 heterocycles. The second-order valence-electron chi connectivity index (χ2n) is 11.3. The standard InChI is InChI=1S/C28H33F3N5O3P/c1-16(19-6-5-7-21(24(19)29)28(30,31)27(3,4)38)33-25-20-14-23(32-15-22(20)34-17(2)35-25)40(39)12-10-36(11-13-40)26(37)18-8-9-18/h5-7,14-16,18,38H,8-13H2,1-4H3,(H,33,34,35)/t16-/m1/s1. The number of halogens is 3. The van der Waals surface area contributed by atoms with E-state index in [1.165, 1.54) is 18.3 Å². The molecule has 5 rings (SSSR count). The molecule has 3 aromatic rings. The Kier molecular flexibility index (Phi) is 7.19. The molecule has 214 valence electrons. The molecule has 40 heavy (non-hydrogen) atoms. The summed E-state index contributed by atoms with van der Waals surface area (Å²) >= 11 is 0. The van der Waals surface area contributed by atoms with E-state index in [9.17, 15) is 23.2 Å². The number of aromatic nitrogens is 3. The zero-order valence-electron chi connectivity index (χ0n) is 22.9. The van der Waals surface area contributed by atoms with E-state index in [0.29, 0.717) is 53.4 Å². The van der Waals surface area contributed by atoms with Gasteiger partial charge in [0.2, 0.25) is 5.91 Å². The molecule has 0 spiro atoms. The minimum absolute atomic E-state index is 0.0272. The Morgan fingerprint density at radius 3 is 2.50 bits per heavy atom. The lowest BCUT2D eigenvalue weighted by Crippen LogP contribution is -2.42. The third-order valence-electron chi connectivity index (χ3n) is 7.75. The Labute approximate surface area is 230 Å². The zero-order valence-corrected chi connectivity index (χ0v) is 23.8. The molecular formula is C28H33F3N5O3P. The van der Waals surface area contributed by atoms with Crippen LogP contribution >= 0.6 is 7.14 Å². The fourth-order valence-corrected chi connectivity index (χ4v) is 7.48. The summed E-state index contributed by atoms with van der Waals surface area (Å²) in [5.74, 6) is -3.96. The highest BCUT2D eigenvalue weighted by Gasteiger charge is 2.49. The van der Waals surface area contributed by atoms with Gasteiger partial charge in [-0.05, 0) is 52.7 Å². The van der Waals surface area contributed by atoms with Crippen LogP contribution in [0.5, 0.6) is 0 Å². The highest BCUT2D eigenvalue weighted by molar-refractivity contribution is 7.71. The number of nitrogens with zero attached hydrogens (tertiary/aromatic N) is 4. The van der Waals surface area contributed by atoms with Gasteiger partial charge in [0.05, 0.1) is 23.3 Å². The number of alkyl halides is 2. The monoisotopic (exact) mass is 575 g/mol. The van der Waals surface area contributed by atoms with Crippen molar-refractivity contribution < 1.29 is 27.6 Å². The molecule has 2 fully saturated rings. The molecule has 1 atom stereocenters. The molecule has 2 aliphatic rings. The minimum atomic E-state index is -3.82. The Morgan fingerprint density at radius 2 is 1.88 bits per heavy atom. The van der Waals surface area contributed by atoms with Crippen LogP contribution in [0.25, 0.3) is 10.9 Å². The molecule has 1 aliphatic heterocycles. The van der Waals surface area contributed by atoms with Crippen molar-refractivity contribution in [2.45, 2.75) is 58.1 Å². The average Bonchev–Trinajstić information content (AvgIpc) is 3.73. The predicted octanol–water partition coefficient (Wildman–Crippen LogP) is 4.75. The van der Waals surface area contributed by atoms with Crippen LogP contribution in [0.3, 0.4) is 0 Å². The van der Waals surface area contributed by atoms with Gasteiger partial charge in [-0.15, -0.1) is 0 Å². The summed E-state index contributed by atoms with van der Waals surface area (Å²) in [5, 5.41) is 13.6. The van der Waals surface area contributed by atoms with Gasteiger partial charge in [0.1, 0.15) is 35.6 Å². The predicted molar refractivity (Wildman–Crippen MR) is 147 cm³/mol. The number of hydrogen-bond donors (Lipinski definition) is 2. The maximum Gasteiger partial charge on any atom is 0.303 e. The number of aryl methyl sites for hydroxylation is 1. The van der Waals surface area contributed by atoms with Crippen molar-refractivity contribution in [2.24, 2.45) is 5.92 Å². The highest BCUT2D eigenvalue weighted by Crippen LogP contribution is 2.47. The average molecular weight is 576 g/mol. The van der Waals surface area contributed by atoms with Crippen molar-refractivity contribution in [1.82, 2.24) is 19.9 Å². The van der Waals surface area contributed by atoms with E-state index >= 15 is 4.39 Å². The summed E-state index contributed by atoms with van der Waals surface area (Å²) < 4.78 is 59.0. The number of anilines is 1. The van der Waals surface area contributed by atoms with Gasteiger partial charge in [0.15, 0.2) is 0 Å². The van der Waals surface area contributed by atoms with Crippen molar-refractivity contribution in [3.63, 3.8) is 0 Å². The van der Waals surface area contributed by atoms with Crippen molar-refractivity contribution in [2.75, 3.05) is 30.7 Å². The van der Waals surface area contributed by atoms with Crippen molar-refractivity contribution >= 4 is 35.2 Å². The topological polar surface area (TPSA) is 108 Å². The molecule has 1 aliphatic carbocycles. The first kappa shape index (κ1) is 28.5. The van der Waals surface area contributed by atoms with E-state index in [1.54, 1.807) is 24.8 Å². The summed E-state index contributed by atoms with van der Waals surface area (Å²) in [6.45, 7) is 6.01. The highest BCUT2D eigenvalue weighted by atomic mass is 31.2. The molecule has 0 unspecified atom stereocenters. The number of carbonyl (C=O) groups is 1. The normalized spacial score (nSPS) is 18.6. The summed E-state index contributed by atoms with van der Waals surface area (Å²) in [6.07, 6.45) is 4.04. The molecule has 2 aromatic heterocycles. The third kappa shape index (κ3) is 5.21. The van der Waals surface area contributed by atoms with Crippen molar-refractivity contribution in [3.05, 3.63) is 53.2 Å². The lowest BCUT2D eigenvalue weighted by Gasteiger charge is -2.32. The molecular weight excluding hydrogens is 542 g/mol. The maximum absolute atomic E-state index is 15.4. The third-order valence-corrected chi connectivity index (χ3v) is 10.7. The number of fused-ring (bicyclic) bond motifs is 1. The van der Waals surface area contributed by atoms with Crippen molar-refractivity contribution in [1.29, 1.82) is 0 Å². The quantitative estimate of drug-likeness (QED) is 0.392. The number of nitrogens with one attached hydrogen (secondary N) is 1. The molecule has 1 amide bonds. The van der Waals surface area contributed by atoms with Crippen molar-refractivity contribution in [3.8, 4) is 0 Å². The summed E-state index contributed by atoms with van der Waals surface area (Å²) in [6, 6.07) is 4.57. The van der Waals surface area contributed by atoms with E-state index in [1.807, 2.05) is 0 Å². The second kappa shape index (κ2) is 10.1. The van der Waals surface area contributed by atoms with Gasteiger partial charge in [0.25, 0.3) is 0 Å².